The van der Waals surface area contributed by atoms with Crippen LogP contribution in [0.25, 0.3) is 0 Å². The fourth-order valence-corrected chi connectivity index (χ4v) is 0.979. The van der Waals surface area contributed by atoms with Crippen molar-refractivity contribution in [2.45, 2.75) is 13.1 Å². The Hall–Kier alpha value is -0.280. The van der Waals surface area contributed by atoms with E-state index < -0.39 is 6.16 Å². The van der Waals surface area contributed by atoms with Crippen LogP contribution in [0, 0.1) is 0 Å². The van der Waals surface area contributed by atoms with Gasteiger partial charge < -0.3 is 36.1 Å². The molecular weight excluding hydrogens is 214 g/mol. The molecule has 16 heavy (non-hydrogen) atoms. The van der Waals surface area contributed by atoms with Gasteiger partial charge in [0.2, 0.25) is 0 Å². The third kappa shape index (κ3) is 6.33. The van der Waals surface area contributed by atoms with Crippen LogP contribution in [0.15, 0.2) is 0 Å². The van der Waals surface area contributed by atoms with Gasteiger partial charge in [0, 0.05) is 19.6 Å². The Morgan fingerprint density at radius 1 is 0.750 bits per heavy atom. The highest BCUT2D eigenvalue weighted by Gasteiger charge is 2.34. The molecule has 0 amide bonds. The second-order valence-corrected chi connectivity index (χ2v) is 2.84. The van der Waals surface area contributed by atoms with Gasteiger partial charge in [-0.25, -0.2) is 0 Å². The monoisotopic (exact) mass is 237 g/mol. The van der Waals surface area contributed by atoms with Crippen LogP contribution in [0.1, 0.15) is 6.92 Å². The van der Waals surface area contributed by atoms with E-state index in [1.165, 1.54) is 0 Å². The van der Waals surface area contributed by atoms with Gasteiger partial charge in [0.25, 0.3) is 0 Å². The van der Waals surface area contributed by atoms with Crippen molar-refractivity contribution in [3.05, 3.63) is 0 Å². The molecule has 7 nitrogen and oxygen atoms in total. The van der Waals surface area contributed by atoms with Crippen molar-refractivity contribution < 1.29 is 18.9 Å². The van der Waals surface area contributed by atoms with E-state index in [1.54, 1.807) is 6.92 Å². The lowest BCUT2D eigenvalue weighted by Crippen LogP contribution is -2.45. The van der Waals surface area contributed by atoms with Crippen molar-refractivity contribution in [1.29, 1.82) is 0 Å². The second kappa shape index (κ2) is 9.91. The minimum absolute atomic E-state index is 0.259. The zero-order chi connectivity index (χ0) is 12.3. The number of rotatable bonds is 11. The summed E-state index contributed by atoms with van der Waals surface area (Å²) in [4.78, 5) is 0. The summed E-state index contributed by atoms with van der Waals surface area (Å²) in [7, 11) is 0. The van der Waals surface area contributed by atoms with E-state index in [-0.39, 0.29) is 19.8 Å². The Balaban J connectivity index is 4.32. The van der Waals surface area contributed by atoms with Crippen LogP contribution in [-0.4, -0.2) is 52.2 Å². The summed E-state index contributed by atoms with van der Waals surface area (Å²) in [5, 5.41) is 0. The van der Waals surface area contributed by atoms with Gasteiger partial charge in [0.05, 0.1) is 26.4 Å². The highest BCUT2D eigenvalue weighted by Crippen LogP contribution is 2.17. The number of nitrogens with two attached hydrogens (primary N) is 3. The molecule has 0 radical (unpaired) electrons. The smallest absolute Gasteiger partial charge is 0.328 e. The highest BCUT2D eigenvalue weighted by molar-refractivity contribution is 4.46. The average Bonchev–Trinajstić information content (AvgIpc) is 2.31. The molecule has 0 aliphatic heterocycles. The van der Waals surface area contributed by atoms with E-state index in [4.69, 9.17) is 36.1 Å². The van der Waals surface area contributed by atoms with E-state index in [0.717, 1.165) is 0 Å². The zero-order valence-corrected chi connectivity index (χ0v) is 9.81. The first-order chi connectivity index (χ1) is 7.74. The van der Waals surface area contributed by atoms with Crippen molar-refractivity contribution >= 4 is 0 Å². The van der Waals surface area contributed by atoms with Crippen molar-refractivity contribution in [3.8, 4) is 0 Å². The lowest BCUT2D eigenvalue weighted by molar-refractivity contribution is -0.496. The molecular formula is C9H23N3O4. The number of hydrogen-bond donors (Lipinski definition) is 3. The van der Waals surface area contributed by atoms with Gasteiger partial charge in [-0.2, -0.15) is 0 Å². The molecule has 0 aliphatic carbocycles. The van der Waals surface area contributed by atoms with Crippen LogP contribution >= 0.6 is 0 Å². The van der Waals surface area contributed by atoms with Crippen molar-refractivity contribution in [1.82, 2.24) is 0 Å². The van der Waals surface area contributed by atoms with E-state index in [1.807, 2.05) is 0 Å². The normalized spacial score (nSPS) is 12.0. The first-order valence-corrected chi connectivity index (χ1v) is 5.40. The Bertz CT molecular complexity index is 138. The minimum Gasteiger partial charge on any atom is -0.328 e. The summed E-state index contributed by atoms with van der Waals surface area (Å²) in [6, 6.07) is 0. The largest absolute Gasteiger partial charge is 0.412 e. The quantitative estimate of drug-likeness (QED) is 0.377. The molecule has 0 rings (SSSR count). The van der Waals surface area contributed by atoms with Crippen LogP contribution in [-0.2, 0) is 18.9 Å². The maximum atomic E-state index is 5.35. The van der Waals surface area contributed by atoms with E-state index in [2.05, 4.69) is 0 Å². The summed E-state index contributed by atoms with van der Waals surface area (Å²) in [5.74, 6) is 0. The molecule has 0 spiro atoms. The van der Waals surface area contributed by atoms with Gasteiger partial charge in [-0.05, 0) is 6.92 Å². The average molecular weight is 237 g/mol. The standard InChI is InChI=1S/C9H23N3O4/c1-2-13-9(14-6-3-10,15-7-4-11)16-8-5-12/h2-8,10-12H2,1H3. The van der Waals surface area contributed by atoms with Crippen LogP contribution < -0.4 is 17.2 Å². The van der Waals surface area contributed by atoms with E-state index in [0.29, 0.717) is 26.2 Å². The topological polar surface area (TPSA) is 115 Å². The molecule has 0 aromatic heterocycles. The lowest BCUT2D eigenvalue weighted by atomic mass is 10.7. The van der Waals surface area contributed by atoms with Crippen molar-refractivity contribution in [2.24, 2.45) is 17.2 Å². The summed E-state index contributed by atoms with van der Waals surface area (Å²) in [6.45, 7) is 3.98. The van der Waals surface area contributed by atoms with Crippen LogP contribution in [0.2, 0.25) is 0 Å². The molecule has 0 aliphatic rings. The molecule has 0 heterocycles. The predicted octanol–water partition coefficient (Wildman–Crippen LogP) is -1.44. The molecule has 7 heteroatoms. The van der Waals surface area contributed by atoms with Gasteiger partial charge in [0.15, 0.2) is 0 Å². The third-order valence-corrected chi connectivity index (χ3v) is 1.51. The molecule has 0 atom stereocenters. The Morgan fingerprint density at radius 3 is 1.38 bits per heavy atom. The minimum atomic E-state index is -1.53. The Labute approximate surface area is 96.1 Å². The molecule has 0 unspecified atom stereocenters. The zero-order valence-electron chi connectivity index (χ0n) is 9.81. The maximum Gasteiger partial charge on any atom is 0.412 e. The summed E-state index contributed by atoms with van der Waals surface area (Å²) in [6.07, 6.45) is -1.53. The van der Waals surface area contributed by atoms with Gasteiger partial charge in [-0.3, -0.25) is 0 Å². The molecule has 0 saturated carbocycles. The molecule has 0 saturated heterocycles. The van der Waals surface area contributed by atoms with Gasteiger partial charge in [0.1, 0.15) is 0 Å². The van der Waals surface area contributed by atoms with Crippen LogP contribution in [0.3, 0.4) is 0 Å². The maximum absolute atomic E-state index is 5.35. The first-order valence-electron chi connectivity index (χ1n) is 5.40. The summed E-state index contributed by atoms with van der Waals surface area (Å²) < 4.78 is 21.3. The second-order valence-electron chi connectivity index (χ2n) is 2.84. The third-order valence-electron chi connectivity index (χ3n) is 1.51. The van der Waals surface area contributed by atoms with Crippen molar-refractivity contribution in [2.75, 3.05) is 46.1 Å². The highest BCUT2D eigenvalue weighted by atomic mass is 17.0. The molecule has 0 aromatic rings. The predicted molar refractivity (Wildman–Crippen MR) is 59.4 cm³/mol. The molecule has 6 N–H and O–H groups in total. The number of hydrogen-bond acceptors (Lipinski definition) is 7. The van der Waals surface area contributed by atoms with Crippen LogP contribution in [0.5, 0.6) is 0 Å². The Morgan fingerprint density at radius 2 is 1.12 bits per heavy atom. The van der Waals surface area contributed by atoms with Crippen molar-refractivity contribution in [3.63, 3.8) is 0 Å². The lowest BCUT2D eigenvalue weighted by Gasteiger charge is -2.31. The number of ether oxygens (including phenoxy) is 4. The van der Waals surface area contributed by atoms with E-state index in [9.17, 15) is 0 Å². The SMILES string of the molecule is CCOC(OCCN)(OCCN)OCCN. The fraction of sp³-hybridized carbons (Fsp3) is 1.00. The van der Waals surface area contributed by atoms with Gasteiger partial charge in [-0.1, -0.05) is 0 Å². The van der Waals surface area contributed by atoms with Crippen LogP contribution in [0.4, 0.5) is 0 Å². The summed E-state index contributed by atoms with van der Waals surface area (Å²) in [5.41, 5.74) is 16.0. The fourth-order valence-electron chi connectivity index (χ4n) is 0.979. The molecule has 0 aromatic carbocycles. The van der Waals surface area contributed by atoms with Gasteiger partial charge in [-0.15, -0.1) is 0 Å². The van der Waals surface area contributed by atoms with E-state index >= 15 is 0 Å². The molecule has 0 bridgehead atoms. The van der Waals surface area contributed by atoms with Gasteiger partial charge >= 0.3 is 6.16 Å². The molecule has 0 fully saturated rings. The summed E-state index contributed by atoms with van der Waals surface area (Å²) >= 11 is 0. The Kier molecular flexibility index (Phi) is 9.74. The molecule has 98 valence electrons. The first kappa shape index (κ1) is 15.7.